The van der Waals surface area contributed by atoms with Gasteiger partial charge < -0.3 is 0 Å². The van der Waals surface area contributed by atoms with Crippen molar-refractivity contribution in [2.24, 2.45) is 0 Å². The minimum atomic E-state index is 1.05. The number of aryl methyl sites for hydroxylation is 4. The molecule has 0 fully saturated rings. The first-order valence-corrected chi connectivity index (χ1v) is 7.86. The molecule has 0 amide bonds. The molecule has 2 rings (SSSR count). The first-order chi connectivity index (χ1) is 9.73. The Balaban J connectivity index is 2.59. The zero-order valence-electron chi connectivity index (χ0n) is 14.9. The maximum absolute atomic E-state index is 2.34. The van der Waals surface area contributed by atoms with Gasteiger partial charge in [-0.25, -0.2) is 0 Å². The number of rotatable bonds is 2. The van der Waals surface area contributed by atoms with Gasteiger partial charge in [-0.1, -0.05) is 12.1 Å². The van der Waals surface area contributed by atoms with Crippen LogP contribution >= 0.6 is 0 Å². The van der Waals surface area contributed by atoms with Crippen molar-refractivity contribution in [3.8, 4) is 0 Å². The predicted octanol–water partition coefficient (Wildman–Crippen LogP) is 5.74. The minimum Gasteiger partial charge on any atom is -0.0558 e. The summed E-state index contributed by atoms with van der Waals surface area (Å²) in [7, 11) is 0. The highest BCUT2D eigenvalue weighted by Gasteiger charge is 2.13. The highest BCUT2D eigenvalue weighted by atomic mass is 14.2. The SMILES string of the molecule is Cc1cc(C)c(Cc2c(C)cc(C)c(C)c2C)c(C)c1C. The van der Waals surface area contributed by atoms with Gasteiger partial charge in [0.1, 0.15) is 0 Å². The second-order valence-electron chi connectivity index (χ2n) is 6.65. The lowest BCUT2D eigenvalue weighted by Crippen LogP contribution is -2.05. The molecular weight excluding hydrogens is 252 g/mol. The lowest BCUT2D eigenvalue weighted by Gasteiger charge is -2.19. The van der Waals surface area contributed by atoms with Gasteiger partial charge in [-0.15, -0.1) is 0 Å². The third-order valence-corrected chi connectivity index (χ3v) is 5.38. The molecule has 0 aliphatic carbocycles. The van der Waals surface area contributed by atoms with Crippen LogP contribution in [0.2, 0.25) is 0 Å². The molecule has 0 aliphatic heterocycles. The normalized spacial score (nSPS) is 11.0. The number of benzene rings is 2. The van der Waals surface area contributed by atoms with Crippen LogP contribution < -0.4 is 0 Å². The van der Waals surface area contributed by atoms with Crippen molar-refractivity contribution in [1.82, 2.24) is 0 Å². The van der Waals surface area contributed by atoms with E-state index in [4.69, 9.17) is 0 Å². The van der Waals surface area contributed by atoms with E-state index in [9.17, 15) is 0 Å². The minimum absolute atomic E-state index is 1.05. The first kappa shape index (κ1) is 15.8. The van der Waals surface area contributed by atoms with Gasteiger partial charge in [0.25, 0.3) is 0 Å². The van der Waals surface area contributed by atoms with Gasteiger partial charge in [0.15, 0.2) is 0 Å². The van der Waals surface area contributed by atoms with Gasteiger partial charge in [-0.05, 0) is 117 Å². The highest BCUT2D eigenvalue weighted by molar-refractivity contribution is 5.50. The van der Waals surface area contributed by atoms with E-state index in [1.165, 1.54) is 55.6 Å². The molecule has 2 aromatic rings. The summed E-state index contributed by atoms with van der Waals surface area (Å²) in [4.78, 5) is 0. The second kappa shape index (κ2) is 5.67. The molecular formula is C21H28. The van der Waals surface area contributed by atoms with Crippen LogP contribution in [-0.2, 0) is 6.42 Å². The van der Waals surface area contributed by atoms with Crippen LogP contribution in [-0.4, -0.2) is 0 Å². The summed E-state index contributed by atoms with van der Waals surface area (Å²) in [6.07, 6.45) is 1.05. The second-order valence-corrected chi connectivity index (χ2v) is 6.65. The average Bonchev–Trinajstić information content (AvgIpc) is 2.42. The fraction of sp³-hybridized carbons (Fsp3) is 0.429. The lowest BCUT2D eigenvalue weighted by atomic mass is 9.86. The summed E-state index contributed by atoms with van der Waals surface area (Å²) in [6, 6.07) is 4.67. The Morgan fingerprint density at radius 1 is 0.476 bits per heavy atom. The Bertz CT molecular complexity index is 641. The van der Waals surface area contributed by atoms with E-state index in [1.54, 1.807) is 0 Å². The molecule has 0 radical (unpaired) electrons. The molecule has 0 heterocycles. The molecule has 0 saturated heterocycles. The fourth-order valence-electron chi connectivity index (χ4n) is 3.40. The molecule has 0 bridgehead atoms. The Hall–Kier alpha value is -1.56. The van der Waals surface area contributed by atoms with Crippen LogP contribution in [0.15, 0.2) is 12.1 Å². The molecule has 21 heavy (non-hydrogen) atoms. The topological polar surface area (TPSA) is 0 Å². The molecule has 0 heteroatoms. The smallest absolute Gasteiger partial charge is 0.00151 e. The van der Waals surface area contributed by atoms with E-state index in [0.717, 1.165) is 6.42 Å². The van der Waals surface area contributed by atoms with Crippen LogP contribution in [0.3, 0.4) is 0 Å². The summed E-state index contributed by atoms with van der Waals surface area (Å²) < 4.78 is 0. The predicted molar refractivity (Wildman–Crippen MR) is 93.6 cm³/mol. The third kappa shape index (κ3) is 2.77. The van der Waals surface area contributed by atoms with E-state index in [1.807, 2.05) is 0 Å². The quantitative estimate of drug-likeness (QED) is 0.657. The van der Waals surface area contributed by atoms with Crippen LogP contribution in [0.4, 0.5) is 0 Å². The Morgan fingerprint density at radius 2 is 0.810 bits per heavy atom. The van der Waals surface area contributed by atoms with Crippen molar-refractivity contribution in [2.75, 3.05) is 0 Å². The first-order valence-electron chi connectivity index (χ1n) is 7.86. The lowest BCUT2D eigenvalue weighted by molar-refractivity contribution is 1.04. The van der Waals surface area contributed by atoms with E-state index < -0.39 is 0 Å². The summed E-state index contributed by atoms with van der Waals surface area (Å²) in [5.74, 6) is 0. The van der Waals surface area contributed by atoms with Gasteiger partial charge in [-0.2, -0.15) is 0 Å². The van der Waals surface area contributed by atoms with Gasteiger partial charge in [-0.3, -0.25) is 0 Å². The Labute approximate surface area is 130 Å². The third-order valence-electron chi connectivity index (χ3n) is 5.38. The largest absolute Gasteiger partial charge is 0.0558 e. The molecule has 0 nitrogen and oxygen atoms in total. The molecule has 0 aromatic heterocycles. The van der Waals surface area contributed by atoms with Gasteiger partial charge in [0.05, 0.1) is 0 Å². The zero-order chi connectivity index (χ0) is 15.9. The van der Waals surface area contributed by atoms with Gasteiger partial charge >= 0.3 is 0 Å². The van der Waals surface area contributed by atoms with Crippen LogP contribution in [0, 0.1) is 55.4 Å². The summed E-state index contributed by atoms with van der Waals surface area (Å²) in [6.45, 7) is 18.0. The zero-order valence-corrected chi connectivity index (χ0v) is 14.9. The van der Waals surface area contributed by atoms with Gasteiger partial charge in [0, 0.05) is 0 Å². The molecule has 0 aliphatic rings. The summed E-state index contributed by atoms with van der Waals surface area (Å²) in [5.41, 5.74) is 14.5. The molecule has 0 atom stereocenters. The molecule has 2 aromatic carbocycles. The van der Waals surface area contributed by atoms with Gasteiger partial charge in [0.2, 0.25) is 0 Å². The monoisotopic (exact) mass is 280 g/mol. The molecule has 112 valence electrons. The Kier molecular flexibility index (Phi) is 4.27. The van der Waals surface area contributed by atoms with Crippen molar-refractivity contribution in [3.05, 3.63) is 67.8 Å². The van der Waals surface area contributed by atoms with Crippen LogP contribution in [0.1, 0.15) is 55.6 Å². The van der Waals surface area contributed by atoms with Crippen LogP contribution in [0.25, 0.3) is 0 Å². The molecule has 0 N–H and O–H groups in total. The van der Waals surface area contributed by atoms with Crippen LogP contribution in [0.5, 0.6) is 0 Å². The van der Waals surface area contributed by atoms with E-state index in [2.05, 4.69) is 67.5 Å². The maximum atomic E-state index is 2.34. The highest BCUT2D eigenvalue weighted by Crippen LogP contribution is 2.28. The summed E-state index contributed by atoms with van der Waals surface area (Å²) in [5, 5.41) is 0. The van der Waals surface area contributed by atoms with E-state index in [0.29, 0.717) is 0 Å². The number of hydrogen-bond acceptors (Lipinski definition) is 0. The molecule has 0 unspecified atom stereocenters. The van der Waals surface area contributed by atoms with E-state index in [-0.39, 0.29) is 0 Å². The van der Waals surface area contributed by atoms with E-state index >= 15 is 0 Å². The molecule has 0 spiro atoms. The van der Waals surface area contributed by atoms with Crippen molar-refractivity contribution in [3.63, 3.8) is 0 Å². The number of hydrogen-bond donors (Lipinski definition) is 0. The average molecular weight is 280 g/mol. The standard InChI is InChI=1S/C21H28/c1-12-9-14(3)20(18(7)16(12)5)11-21-15(4)10-13(2)17(6)19(21)8/h9-10H,11H2,1-8H3. The van der Waals surface area contributed by atoms with Crippen molar-refractivity contribution in [2.45, 2.75) is 61.8 Å². The Morgan fingerprint density at radius 3 is 1.14 bits per heavy atom. The fourth-order valence-corrected chi connectivity index (χ4v) is 3.40. The maximum Gasteiger partial charge on any atom is -0.00151 e. The summed E-state index contributed by atoms with van der Waals surface area (Å²) >= 11 is 0. The molecule has 0 saturated carbocycles. The van der Waals surface area contributed by atoms with Crippen molar-refractivity contribution in [1.29, 1.82) is 0 Å². The van der Waals surface area contributed by atoms with Crippen molar-refractivity contribution >= 4 is 0 Å². The van der Waals surface area contributed by atoms with Crippen molar-refractivity contribution < 1.29 is 0 Å².